The standard InChI is InChI=1S/C26H38I2N6O10.C2HF3O2/c27-17-9-16(10-18(28)24(17)41)11-19(29)25(42)30-20(26(43)44)12-31-1-3-32(13-21(35)36)5-7-34(15-23(39)40)8-6-33(4-2-31)14-22(37)38;3-2(4,5)1(6)7/h9-10,19-20,41H,1-8,11-15,29H2,(H,30,42)(H,35,36)(H,37,38)(H,39,40)(H,43,44);(H,6,7). The fraction of sp³-hybridized carbons (Fsp3) is 0.571. The van der Waals surface area contributed by atoms with Gasteiger partial charge in [0.2, 0.25) is 5.91 Å². The van der Waals surface area contributed by atoms with Crippen molar-refractivity contribution in [3.63, 3.8) is 0 Å². The number of phenols is 1. The van der Waals surface area contributed by atoms with Crippen molar-refractivity contribution in [2.45, 2.75) is 24.7 Å². The number of amides is 1. The molecule has 288 valence electrons. The van der Waals surface area contributed by atoms with Crippen LogP contribution in [0, 0.1) is 7.14 Å². The lowest BCUT2D eigenvalue weighted by Gasteiger charge is -2.34. The highest BCUT2D eigenvalue weighted by atomic mass is 127. The van der Waals surface area contributed by atoms with Gasteiger partial charge < -0.3 is 41.7 Å². The number of hydrogen-bond donors (Lipinski definition) is 8. The average Bonchev–Trinajstić information content (AvgIpc) is 2.99. The van der Waals surface area contributed by atoms with Gasteiger partial charge in [0.1, 0.15) is 11.8 Å². The number of nitrogens with zero attached hydrogens (tertiary/aromatic N) is 4. The molecule has 0 saturated carbocycles. The molecule has 1 aromatic rings. The zero-order valence-electron chi connectivity index (χ0n) is 26.9. The molecule has 23 heteroatoms. The Morgan fingerprint density at radius 2 is 1.06 bits per heavy atom. The molecule has 18 nitrogen and oxygen atoms in total. The van der Waals surface area contributed by atoms with Gasteiger partial charge in [0, 0.05) is 58.9 Å². The van der Waals surface area contributed by atoms with E-state index in [1.165, 1.54) is 0 Å². The fourth-order valence-electron chi connectivity index (χ4n) is 4.61. The molecule has 0 aliphatic carbocycles. The number of carboxylic acid groups (broad SMARTS) is 5. The predicted octanol–water partition coefficient (Wildman–Crippen LogP) is -0.851. The van der Waals surface area contributed by atoms with Crippen LogP contribution in [0.1, 0.15) is 5.56 Å². The number of carboxylic acids is 5. The Bertz CT molecular complexity index is 1340. The molecule has 2 rings (SSSR count). The van der Waals surface area contributed by atoms with Crippen molar-refractivity contribution in [2.24, 2.45) is 5.73 Å². The van der Waals surface area contributed by atoms with Crippen molar-refractivity contribution in [3.05, 3.63) is 24.8 Å². The molecule has 9 N–H and O–H groups in total. The van der Waals surface area contributed by atoms with Crippen LogP contribution in [0.3, 0.4) is 0 Å². The van der Waals surface area contributed by atoms with Gasteiger partial charge in [0.05, 0.1) is 32.8 Å². The number of halogens is 5. The highest BCUT2D eigenvalue weighted by Gasteiger charge is 2.38. The molecule has 1 aromatic carbocycles. The van der Waals surface area contributed by atoms with E-state index >= 15 is 0 Å². The van der Waals surface area contributed by atoms with E-state index in [9.17, 15) is 62.7 Å². The van der Waals surface area contributed by atoms with Gasteiger partial charge >= 0.3 is 36.0 Å². The van der Waals surface area contributed by atoms with E-state index in [1.54, 1.807) is 31.7 Å². The minimum absolute atomic E-state index is 0.0986. The molecule has 0 aromatic heterocycles. The van der Waals surface area contributed by atoms with E-state index in [1.807, 2.05) is 45.2 Å². The van der Waals surface area contributed by atoms with Gasteiger partial charge in [-0.25, -0.2) is 9.59 Å². The Balaban J connectivity index is 0.00000167. The van der Waals surface area contributed by atoms with Crippen LogP contribution in [0.25, 0.3) is 0 Å². The molecule has 1 aliphatic heterocycles. The van der Waals surface area contributed by atoms with Crippen LogP contribution < -0.4 is 11.1 Å². The van der Waals surface area contributed by atoms with Crippen molar-refractivity contribution in [3.8, 4) is 5.75 Å². The number of benzene rings is 1. The molecule has 2 atom stereocenters. The van der Waals surface area contributed by atoms with Gasteiger partial charge in [-0.2, -0.15) is 13.2 Å². The summed E-state index contributed by atoms with van der Waals surface area (Å²) >= 11 is 3.92. The second-order valence-electron chi connectivity index (χ2n) is 11.2. The number of rotatable bonds is 13. The third-order valence-corrected chi connectivity index (χ3v) is 8.82. The average molecular weight is 962 g/mol. The summed E-state index contributed by atoms with van der Waals surface area (Å²) in [6, 6.07) is 0.922. The van der Waals surface area contributed by atoms with Crippen molar-refractivity contribution in [1.82, 2.24) is 24.9 Å². The Morgan fingerprint density at radius 3 is 1.35 bits per heavy atom. The Morgan fingerprint density at radius 1 is 0.725 bits per heavy atom. The van der Waals surface area contributed by atoms with Crippen LogP contribution in [0.4, 0.5) is 13.2 Å². The van der Waals surface area contributed by atoms with Crippen LogP contribution in [0.15, 0.2) is 12.1 Å². The zero-order chi connectivity index (χ0) is 39.1. The number of aromatic hydroxyl groups is 1. The summed E-state index contributed by atoms with van der Waals surface area (Å²) in [7, 11) is 0. The van der Waals surface area contributed by atoms with Gasteiger partial charge in [-0.3, -0.25) is 38.8 Å². The van der Waals surface area contributed by atoms with Crippen LogP contribution in [0.2, 0.25) is 0 Å². The number of nitrogens with two attached hydrogens (primary N) is 1. The van der Waals surface area contributed by atoms with E-state index in [-0.39, 0.29) is 90.7 Å². The summed E-state index contributed by atoms with van der Waals surface area (Å²) in [5.41, 5.74) is 6.79. The maximum Gasteiger partial charge on any atom is 0.490 e. The maximum absolute atomic E-state index is 12.9. The first-order valence-corrected chi connectivity index (χ1v) is 17.0. The maximum atomic E-state index is 12.9. The lowest BCUT2D eigenvalue weighted by atomic mass is 10.1. The summed E-state index contributed by atoms with van der Waals surface area (Å²) < 4.78 is 32.9. The second-order valence-corrected chi connectivity index (χ2v) is 13.6. The summed E-state index contributed by atoms with van der Waals surface area (Å²) in [6.07, 6.45) is -4.98. The lowest BCUT2D eigenvalue weighted by molar-refractivity contribution is -0.192. The van der Waals surface area contributed by atoms with Crippen LogP contribution in [-0.4, -0.2) is 183 Å². The first-order valence-electron chi connectivity index (χ1n) is 14.9. The number of carbonyl (C=O) groups excluding carboxylic acids is 1. The normalized spacial score (nSPS) is 17.1. The van der Waals surface area contributed by atoms with E-state index in [0.29, 0.717) is 12.7 Å². The molecule has 1 fully saturated rings. The summed E-state index contributed by atoms with van der Waals surface area (Å²) in [5, 5.41) is 57.6. The first-order chi connectivity index (χ1) is 23.6. The van der Waals surface area contributed by atoms with E-state index in [0.717, 1.165) is 0 Å². The number of alkyl halides is 3. The molecule has 0 spiro atoms. The molecule has 51 heavy (non-hydrogen) atoms. The third kappa shape index (κ3) is 18.8. The minimum atomic E-state index is -5.08. The van der Waals surface area contributed by atoms with Gasteiger partial charge in [-0.05, 0) is 69.3 Å². The van der Waals surface area contributed by atoms with Gasteiger partial charge in [-0.1, -0.05) is 0 Å². The van der Waals surface area contributed by atoms with Crippen LogP contribution in [0.5, 0.6) is 5.75 Å². The molecular formula is C28H39F3I2N6O12. The Hall–Kier alpha value is -3.11. The van der Waals surface area contributed by atoms with Crippen molar-refractivity contribution in [2.75, 3.05) is 78.5 Å². The van der Waals surface area contributed by atoms with Gasteiger partial charge in [-0.15, -0.1) is 0 Å². The van der Waals surface area contributed by atoms with Gasteiger partial charge in [0.15, 0.2) is 0 Å². The topological polar surface area (TPSA) is 275 Å². The predicted molar refractivity (Wildman–Crippen MR) is 187 cm³/mol. The minimum Gasteiger partial charge on any atom is -0.506 e. The molecule has 1 amide bonds. The summed E-state index contributed by atoms with van der Waals surface area (Å²) in [5.74, 6) is -7.86. The highest BCUT2D eigenvalue weighted by molar-refractivity contribution is 14.1. The monoisotopic (exact) mass is 962 g/mol. The first kappa shape index (κ1) is 45.9. The molecular weight excluding hydrogens is 923 g/mol. The third-order valence-electron chi connectivity index (χ3n) is 7.17. The number of phenolic OH excluding ortho intramolecular Hbond substituents is 1. The molecule has 1 saturated heterocycles. The highest BCUT2D eigenvalue weighted by Crippen LogP contribution is 2.27. The van der Waals surface area contributed by atoms with Crippen molar-refractivity contribution < 1.29 is 72.6 Å². The van der Waals surface area contributed by atoms with Crippen LogP contribution in [-0.2, 0) is 35.2 Å². The zero-order valence-corrected chi connectivity index (χ0v) is 31.2. The fourth-order valence-corrected chi connectivity index (χ4v) is 6.51. The van der Waals surface area contributed by atoms with Crippen molar-refractivity contribution in [1.29, 1.82) is 0 Å². The molecule has 0 radical (unpaired) electrons. The Kier molecular flexibility index (Phi) is 19.9. The number of aliphatic carboxylic acids is 5. The SMILES string of the molecule is NC(Cc1cc(I)c(O)c(I)c1)C(=O)NC(CN1CCN(CC(=O)O)CCN(CC(=O)O)CCN(CC(=O)O)CC1)C(=O)O.O=C(O)C(F)(F)F. The van der Waals surface area contributed by atoms with Crippen molar-refractivity contribution >= 4 is 80.9 Å². The lowest BCUT2D eigenvalue weighted by Crippen LogP contribution is -2.55. The van der Waals surface area contributed by atoms with E-state index in [4.69, 9.17) is 15.6 Å². The number of nitrogens with one attached hydrogen (secondary N) is 1. The number of carbonyl (C=O) groups is 6. The molecule has 1 aliphatic rings. The quantitative estimate of drug-likeness (QED) is 0.112. The summed E-state index contributed by atoms with van der Waals surface area (Å²) in [4.78, 5) is 74.9. The molecule has 1 heterocycles. The van der Waals surface area contributed by atoms with E-state index < -0.39 is 54.0 Å². The summed E-state index contributed by atoms with van der Waals surface area (Å²) in [6.45, 7) is 0.602. The Labute approximate surface area is 316 Å². The smallest absolute Gasteiger partial charge is 0.490 e. The second kappa shape index (κ2) is 22.1. The molecule has 2 unspecified atom stereocenters. The molecule has 0 bridgehead atoms. The van der Waals surface area contributed by atoms with E-state index in [2.05, 4.69) is 5.32 Å². The largest absolute Gasteiger partial charge is 0.506 e. The van der Waals surface area contributed by atoms with Crippen LogP contribution >= 0.6 is 45.2 Å². The number of hydrogen-bond acceptors (Lipinski definition) is 12. The van der Waals surface area contributed by atoms with Gasteiger partial charge in [0.25, 0.3) is 0 Å².